The van der Waals surface area contributed by atoms with E-state index in [2.05, 4.69) is 25.5 Å². The minimum atomic E-state index is -0.877. The molecule has 1 unspecified atom stereocenters. The highest BCUT2D eigenvalue weighted by Crippen LogP contribution is 2.26. The molecule has 1 fully saturated rings. The number of aromatic nitrogens is 6. The molecule has 160 valence electrons. The number of hydrogen-bond donors (Lipinski definition) is 2. The number of aliphatic hydroxyl groups is 1. The van der Waals surface area contributed by atoms with Gasteiger partial charge in [0.05, 0.1) is 48.9 Å². The van der Waals surface area contributed by atoms with E-state index in [4.69, 9.17) is 4.74 Å². The van der Waals surface area contributed by atoms with Gasteiger partial charge in [-0.3, -0.25) is 4.68 Å². The summed E-state index contributed by atoms with van der Waals surface area (Å²) < 4.78 is 23.8. The van der Waals surface area contributed by atoms with Crippen molar-refractivity contribution in [3.05, 3.63) is 54.4 Å². The maximum absolute atomic E-state index is 15.3. The zero-order chi connectivity index (χ0) is 21.4. The predicted molar refractivity (Wildman–Crippen MR) is 111 cm³/mol. The Morgan fingerprint density at radius 2 is 2.16 bits per heavy atom. The number of anilines is 3. The zero-order valence-corrected chi connectivity index (χ0v) is 16.8. The largest absolute Gasteiger partial charge is 0.375 e. The van der Waals surface area contributed by atoms with E-state index in [-0.39, 0.29) is 13.2 Å². The summed E-state index contributed by atoms with van der Waals surface area (Å²) in [6.07, 6.45) is 5.92. The fourth-order valence-corrected chi connectivity index (χ4v) is 3.60. The topological polar surface area (TPSA) is 106 Å². The molecule has 1 aromatic carbocycles. The third-order valence-corrected chi connectivity index (χ3v) is 5.13. The van der Waals surface area contributed by atoms with Gasteiger partial charge in [0.15, 0.2) is 17.7 Å². The molecule has 0 amide bonds. The fraction of sp³-hybridized carbons (Fsp3) is 0.300. The Morgan fingerprint density at radius 1 is 1.26 bits per heavy atom. The molecule has 0 aliphatic carbocycles. The third-order valence-electron chi connectivity index (χ3n) is 5.13. The minimum Gasteiger partial charge on any atom is -0.375 e. The number of halogens is 1. The number of nitrogens with zero attached hydrogens (tertiary/aromatic N) is 7. The van der Waals surface area contributed by atoms with Crippen molar-refractivity contribution in [2.75, 3.05) is 30.0 Å². The maximum atomic E-state index is 15.3. The van der Waals surface area contributed by atoms with E-state index in [1.807, 2.05) is 13.2 Å². The lowest BCUT2D eigenvalue weighted by Crippen LogP contribution is -2.45. The van der Waals surface area contributed by atoms with Crippen LogP contribution in [0.1, 0.15) is 5.56 Å². The van der Waals surface area contributed by atoms with Crippen LogP contribution in [0, 0.1) is 5.82 Å². The summed E-state index contributed by atoms with van der Waals surface area (Å²) in [4.78, 5) is 10.5. The summed E-state index contributed by atoms with van der Waals surface area (Å²) in [7, 11) is 1.82. The summed E-state index contributed by atoms with van der Waals surface area (Å²) in [6, 6.07) is 5.13. The Kier molecular flexibility index (Phi) is 4.96. The number of nitrogens with one attached hydrogen (secondary N) is 1. The van der Waals surface area contributed by atoms with Crippen LogP contribution in [0.4, 0.5) is 21.7 Å². The molecule has 1 saturated heterocycles. The number of hydrogen-bond acceptors (Lipinski definition) is 8. The molecular weight excluding hydrogens is 403 g/mol. The molecule has 5 rings (SSSR count). The van der Waals surface area contributed by atoms with Gasteiger partial charge >= 0.3 is 0 Å². The SMILES string of the molecule is Cn1cc(Nc2ncc3cnn(Cc4cccc(N5CCOCC5O)c4F)c3n2)cn1. The van der Waals surface area contributed by atoms with Crippen LogP contribution in [0.5, 0.6) is 0 Å². The standard InChI is InChI=1S/C20H21FN8O2/c1-27-11-15(9-23-27)25-20-22-7-14-8-24-29(19(14)26-20)10-13-3-2-4-16(18(13)21)28-5-6-31-12-17(28)30/h2-4,7-9,11,17,30H,5-6,10,12H2,1H3,(H,22,25,26). The highest BCUT2D eigenvalue weighted by atomic mass is 19.1. The van der Waals surface area contributed by atoms with Gasteiger partial charge in [0.2, 0.25) is 5.95 Å². The van der Waals surface area contributed by atoms with Crippen LogP contribution in [0.15, 0.2) is 43.0 Å². The summed E-state index contributed by atoms with van der Waals surface area (Å²) >= 11 is 0. The van der Waals surface area contributed by atoms with Crippen molar-refractivity contribution in [1.82, 2.24) is 29.5 Å². The Bertz CT molecular complexity index is 1220. The molecular formula is C20H21FN8O2. The van der Waals surface area contributed by atoms with Crippen LogP contribution in [0.3, 0.4) is 0 Å². The van der Waals surface area contributed by atoms with Crippen molar-refractivity contribution in [1.29, 1.82) is 0 Å². The first-order valence-corrected chi connectivity index (χ1v) is 9.82. The van der Waals surface area contributed by atoms with Crippen molar-refractivity contribution in [3.8, 4) is 0 Å². The molecule has 4 aromatic rings. The number of aryl methyl sites for hydroxylation is 1. The van der Waals surface area contributed by atoms with Crippen LogP contribution < -0.4 is 10.2 Å². The number of fused-ring (bicyclic) bond motifs is 1. The van der Waals surface area contributed by atoms with E-state index in [0.29, 0.717) is 36.0 Å². The number of ether oxygens (including phenoxy) is 1. The summed E-state index contributed by atoms with van der Waals surface area (Å²) in [5.41, 5.74) is 2.13. The normalized spacial score (nSPS) is 16.7. The molecule has 0 saturated carbocycles. The first-order chi connectivity index (χ1) is 15.1. The molecule has 2 N–H and O–H groups in total. The van der Waals surface area contributed by atoms with Crippen molar-refractivity contribution in [2.45, 2.75) is 12.8 Å². The van der Waals surface area contributed by atoms with Crippen molar-refractivity contribution in [2.24, 2.45) is 7.05 Å². The average molecular weight is 424 g/mol. The smallest absolute Gasteiger partial charge is 0.229 e. The second-order valence-electron chi connectivity index (χ2n) is 7.30. The highest BCUT2D eigenvalue weighted by Gasteiger charge is 2.24. The number of aliphatic hydroxyl groups excluding tert-OH is 1. The van der Waals surface area contributed by atoms with Gasteiger partial charge in [-0.25, -0.2) is 14.1 Å². The lowest BCUT2D eigenvalue weighted by atomic mass is 10.1. The van der Waals surface area contributed by atoms with Gasteiger partial charge in [-0.15, -0.1) is 0 Å². The first-order valence-electron chi connectivity index (χ1n) is 9.82. The molecule has 11 heteroatoms. The van der Waals surface area contributed by atoms with E-state index < -0.39 is 12.0 Å². The fourth-order valence-electron chi connectivity index (χ4n) is 3.60. The molecule has 4 heterocycles. The van der Waals surface area contributed by atoms with Gasteiger partial charge in [0.25, 0.3) is 0 Å². The summed E-state index contributed by atoms with van der Waals surface area (Å²) in [5, 5.41) is 22.5. The molecule has 31 heavy (non-hydrogen) atoms. The third kappa shape index (κ3) is 3.80. The maximum Gasteiger partial charge on any atom is 0.229 e. The predicted octanol–water partition coefficient (Wildman–Crippen LogP) is 1.65. The van der Waals surface area contributed by atoms with Crippen LogP contribution in [-0.4, -0.2) is 60.6 Å². The Hall–Kier alpha value is -3.57. The highest BCUT2D eigenvalue weighted by molar-refractivity contribution is 5.75. The molecule has 10 nitrogen and oxygen atoms in total. The lowest BCUT2D eigenvalue weighted by Gasteiger charge is -2.34. The van der Waals surface area contributed by atoms with Crippen molar-refractivity contribution >= 4 is 28.4 Å². The Labute approximate surface area is 176 Å². The van der Waals surface area contributed by atoms with Crippen molar-refractivity contribution in [3.63, 3.8) is 0 Å². The quantitative estimate of drug-likeness (QED) is 0.498. The second-order valence-corrected chi connectivity index (χ2v) is 7.30. The zero-order valence-electron chi connectivity index (χ0n) is 16.8. The molecule has 1 atom stereocenters. The van der Waals surface area contributed by atoms with Crippen LogP contribution in [-0.2, 0) is 18.3 Å². The lowest BCUT2D eigenvalue weighted by molar-refractivity contribution is 0.00592. The average Bonchev–Trinajstić information content (AvgIpc) is 3.36. The van der Waals surface area contributed by atoms with Gasteiger partial charge in [-0.1, -0.05) is 12.1 Å². The van der Waals surface area contributed by atoms with Gasteiger partial charge in [0, 0.05) is 31.5 Å². The first kappa shape index (κ1) is 19.4. The molecule has 0 radical (unpaired) electrons. The van der Waals surface area contributed by atoms with E-state index in [0.717, 1.165) is 11.1 Å². The number of rotatable bonds is 5. The van der Waals surface area contributed by atoms with Crippen LogP contribution in [0.25, 0.3) is 11.0 Å². The van der Waals surface area contributed by atoms with Crippen molar-refractivity contribution < 1.29 is 14.2 Å². The monoisotopic (exact) mass is 424 g/mol. The Morgan fingerprint density at radius 3 is 2.97 bits per heavy atom. The van der Waals surface area contributed by atoms with E-state index in [1.54, 1.807) is 51.1 Å². The minimum absolute atomic E-state index is 0.150. The molecule has 1 aliphatic heterocycles. The van der Waals surface area contributed by atoms with E-state index in [9.17, 15) is 5.11 Å². The van der Waals surface area contributed by atoms with Crippen LogP contribution in [0.2, 0.25) is 0 Å². The van der Waals surface area contributed by atoms with E-state index >= 15 is 4.39 Å². The van der Waals surface area contributed by atoms with Gasteiger partial charge in [-0.2, -0.15) is 15.2 Å². The molecule has 0 spiro atoms. The molecule has 1 aliphatic rings. The van der Waals surface area contributed by atoms with Gasteiger partial charge in [-0.05, 0) is 6.07 Å². The van der Waals surface area contributed by atoms with E-state index in [1.165, 1.54) is 0 Å². The molecule has 3 aromatic heterocycles. The number of morpholine rings is 1. The molecule has 0 bridgehead atoms. The van der Waals surface area contributed by atoms with Gasteiger partial charge < -0.3 is 20.1 Å². The number of benzene rings is 1. The van der Waals surface area contributed by atoms with Gasteiger partial charge in [0.1, 0.15) is 0 Å². The second kappa shape index (κ2) is 7.93. The summed E-state index contributed by atoms with van der Waals surface area (Å²) in [6.45, 7) is 1.20. The Balaban J connectivity index is 1.44. The summed E-state index contributed by atoms with van der Waals surface area (Å²) in [5.74, 6) is 0.00257. The van der Waals surface area contributed by atoms with Crippen LogP contribution >= 0.6 is 0 Å².